The zero-order chi connectivity index (χ0) is 75.3. The van der Waals surface area contributed by atoms with Gasteiger partial charge in [0.2, 0.25) is 11.8 Å². The molecule has 608 valence electrons. The lowest BCUT2D eigenvalue weighted by Gasteiger charge is -2.50. The minimum absolute atomic E-state index is 0.230. The van der Waals surface area contributed by atoms with E-state index in [4.69, 9.17) is 28.4 Å². The molecule has 3 aliphatic heterocycles. The number of rotatable bonds is 67. The van der Waals surface area contributed by atoms with Crippen molar-refractivity contribution in [2.24, 2.45) is 0 Å². The highest BCUT2D eigenvalue weighted by Gasteiger charge is 2.60. The number of unbranched alkanes of at least 4 members (excludes halogenated alkanes) is 47. The van der Waals surface area contributed by atoms with Gasteiger partial charge in [-0.05, 0) is 12.8 Å². The van der Waals surface area contributed by atoms with Crippen LogP contribution in [0.4, 0.5) is 0 Å². The third-order valence-electron chi connectivity index (χ3n) is 21.6. The summed E-state index contributed by atoms with van der Waals surface area (Å²) in [6, 6.07) is -2.53. The van der Waals surface area contributed by atoms with Gasteiger partial charge < -0.3 is 100 Å². The van der Waals surface area contributed by atoms with E-state index in [1.165, 1.54) is 257 Å². The molecule has 3 fully saturated rings. The molecule has 0 radical (unpaired) electrons. The van der Waals surface area contributed by atoms with Crippen LogP contribution in [0.25, 0.3) is 0 Å². The van der Waals surface area contributed by atoms with Crippen molar-refractivity contribution in [1.82, 2.24) is 10.6 Å². The van der Waals surface area contributed by atoms with E-state index in [-0.39, 0.29) is 18.9 Å². The van der Waals surface area contributed by atoms with E-state index in [1.54, 1.807) is 0 Å². The van der Waals surface area contributed by atoms with Gasteiger partial charge in [0.25, 0.3) is 5.79 Å². The van der Waals surface area contributed by atoms with E-state index in [0.29, 0.717) is 19.3 Å². The van der Waals surface area contributed by atoms with Gasteiger partial charge in [0.1, 0.15) is 67.1 Å². The smallest absolute Gasteiger partial charge is 0.364 e. The van der Waals surface area contributed by atoms with Gasteiger partial charge >= 0.3 is 5.97 Å². The van der Waals surface area contributed by atoms with Gasteiger partial charge in [-0.15, -0.1) is 0 Å². The van der Waals surface area contributed by atoms with Crippen LogP contribution in [0, 0.1) is 0 Å². The van der Waals surface area contributed by atoms with Gasteiger partial charge in [0, 0.05) is 19.8 Å². The minimum Gasteiger partial charge on any atom is -0.477 e. The molecule has 0 aliphatic carbocycles. The van der Waals surface area contributed by atoms with Crippen molar-refractivity contribution < 1.29 is 104 Å². The molecule has 23 heteroatoms. The van der Waals surface area contributed by atoms with E-state index in [2.05, 4.69) is 24.5 Å². The van der Waals surface area contributed by atoms with Gasteiger partial charge in [-0.3, -0.25) is 9.59 Å². The minimum atomic E-state index is -3.08. The lowest BCUT2D eigenvalue weighted by atomic mass is 9.88. The average molecular weight is 1480 g/mol. The molecule has 0 aromatic heterocycles. The molecule has 103 heavy (non-hydrogen) atoms. The summed E-state index contributed by atoms with van der Waals surface area (Å²) in [5.74, 6) is -6.09. The number of ether oxygens (including phenoxy) is 6. The highest BCUT2D eigenvalue weighted by Crippen LogP contribution is 2.39. The molecule has 18 atom stereocenters. The number of aliphatic carboxylic acids is 1. The second-order valence-corrected chi connectivity index (χ2v) is 30.7. The number of carbonyl (C=O) groups is 3. The van der Waals surface area contributed by atoms with Crippen LogP contribution >= 0.6 is 0 Å². The van der Waals surface area contributed by atoms with Crippen molar-refractivity contribution in [1.29, 1.82) is 0 Å². The first kappa shape index (κ1) is 94.9. The first-order valence-electron chi connectivity index (χ1n) is 41.9. The molecule has 0 bridgehead atoms. The summed E-state index contributed by atoms with van der Waals surface area (Å²) in [6.07, 6.45) is 33.8. The molecule has 3 heterocycles. The maximum Gasteiger partial charge on any atom is 0.364 e. The second kappa shape index (κ2) is 59.6. The summed E-state index contributed by atoms with van der Waals surface area (Å²) < 4.78 is 35.0. The highest BCUT2D eigenvalue weighted by atomic mass is 16.8. The lowest BCUT2D eigenvalue weighted by Crippen LogP contribution is -2.70. The molecule has 3 rings (SSSR count). The number of hydrogen-bond donors (Lipinski definition) is 14. The molecule has 0 spiro atoms. The number of aliphatic hydroxyl groups is 11. The van der Waals surface area contributed by atoms with Gasteiger partial charge in [0.15, 0.2) is 12.6 Å². The van der Waals surface area contributed by atoms with Gasteiger partial charge in [-0.2, -0.15) is 0 Å². The predicted molar refractivity (Wildman–Crippen MR) is 399 cm³/mol. The summed E-state index contributed by atoms with van der Waals surface area (Å²) in [4.78, 5) is 38.7. The van der Waals surface area contributed by atoms with Crippen LogP contribution < -0.4 is 10.6 Å². The van der Waals surface area contributed by atoms with Crippen LogP contribution in [0.1, 0.15) is 355 Å². The number of carbonyl (C=O) groups excluding carboxylic acids is 2. The Morgan fingerprint density at radius 1 is 0.466 bits per heavy atom. The SMILES string of the molecule is CCCCCCCCCCCCCCCCCCCCCCCCCCCCCC(=O)NC(COC1OC(CO)C(OC2OC(CO)C(O)C(OC3(C(=O)O)CC(O)C(NC(C)=O)C(C(O)C(O)CO)O3)C2O)C(O)C1O)C(O)CCCCCCCCCCCCCCCCCCCCCCCC. The van der Waals surface area contributed by atoms with E-state index in [0.717, 1.165) is 51.9 Å². The van der Waals surface area contributed by atoms with Crippen LogP contribution in [0.5, 0.6) is 0 Å². The van der Waals surface area contributed by atoms with Crippen LogP contribution in [0.15, 0.2) is 0 Å². The fourth-order valence-corrected chi connectivity index (χ4v) is 15.0. The average Bonchev–Trinajstić information content (AvgIpc) is 0.754. The van der Waals surface area contributed by atoms with Gasteiger partial charge in [-0.25, -0.2) is 4.79 Å². The lowest BCUT2D eigenvalue weighted by molar-refractivity contribution is -0.386. The Morgan fingerprint density at radius 3 is 1.21 bits per heavy atom. The van der Waals surface area contributed by atoms with Crippen LogP contribution in [0.3, 0.4) is 0 Å². The van der Waals surface area contributed by atoms with Crippen molar-refractivity contribution in [2.75, 3.05) is 26.4 Å². The van der Waals surface area contributed by atoms with Gasteiger partial charge in [0.05, 0.1) is 50.7 Å². The zero-order valence-electron chi connectivity index (χ0n) is 64.5. The Kier molecular flexibility index (Phi) is 54.9. The quantitative estimate of drug-likeness (QED) is 0.0252. The Morgan fingerprint density at radius 2 is 0.845 bits per heavy atom. The summed E-state index contributed by atoms with van der Waals surface area (Å²) in [7, 11) is 0. The number of hydrogen-bond acceptors (Lipinski definition) is 20. The number of carboxylic acid groups (broad SMARTS) is 1. The van der Waals surface area contributed by atoms with Crippen LogP contribution in [-0.2, 0) is 42.8 Å². The molecule has 3 aliphatic rings. The summed E-state index contributed by atoms with van der Waals surface area (Å²) in [5, 5.41) is 137. The largest absolute Gasteiger partial charge is 0.477 e. The van der Waals surface area contributed by atoms with E-state index >= 15 is 0 Å². The monoisotopic (exact) mass is 1480 g/mol. The number of aliphatic hydroxyl groups excluding tert-OH is 11. The molecule has 0 aromatic carbocycles. The second-order valence-electron chi connectivity index (χ2n) is 30.7. The van der Waals surface area contributed by atoms with Crippen molar-refractivity contribution in [2.45, 2.75) is 464 Å². The first-order chi connectivity index (χ1) is 49.9. The van der Waals surface area contributed by atoms with Crippen molar-refractivity contribution in [3.05, 3.63) is 0 Å². The standard InChI is InChI=1S/C80H152N2O21/c1-4-6-8-10-12-14-16-18-20-22-24-26-28-29-30-31-32-34-36-38-40-42-44-46-48-50-52-54-67(90)82-61(62(87)53-51-49-47-45-43-41-39-37-35-33-27-25-23-21-19-17-15-13-11-9-7-5-2)59-98-77-72(94)71(93)74(66(58-85)100-77)101-78-73(95)76(70(92)65(57-84)99-78)103-80(79(96)97)55-63(88)68(81-60(3)86)75(102-80)69(91)64(89)56-83/h61-66,68-78,83-85,87-89,91-95H,4-59H2,1-3H3,(H,81,86)(H,82,90)(H,96,97). The Balaban J connectivity index is 1.49. The first-order valence-corrected chi connectivity index (χ1v) is 41.9. The Labute approximate surface area is 620 Å². The third-order valence-corrected chi connectivity index (χ3v) is 21.6. The maximum absolute atomic E-state index is 13.6. The van der Waals surface area contributed by atoms with Crippen LogP contribution in [0.2, 0.25) is 0 Å². The summed E-state index contributed by atoms with van der Waals surface area (Å²) in [6.45, 7) is 2.28. The number of amides is 2. The predicted octanol–water partition coefficient (Wildman–Crippen LogP) is 11.6. The van der Waals surface area contributed by atoms with Crippen molar-refractivity contribution in [3.63, 3.8) is 0 Å². The topological polar surface area (TPSA) is 373 Å². The summed E-state index contributed by atoms with van der Waals surface area (Å²) >= 11 is 0. The maximum atomic E-state index is 13.6. The fraction of sp³-hybridized carbons (Fsp3) is 0.963. The molecule has 2 amide bonds. The number of nitrogens with one attached hydrogen (secondary N) is 2. The summed E-state index contributed by atoms with van der Waals surface area (Å²) in [5.41, 5.74) is 0. The third kappa shape index (κ3) is 39.8. The molecule has 23 nitrogen and oxygen atoms in total. The van der Waals surface area contributed by atoms with Crippen LogP contribution in [-0.4, -0.2) is 215 Å². The Bertz CT molecular complexity index is 2050. The van der Waals surface area contributed by atoms with E-state index in [9.17, 15) is 75.7 Å². The molecular weight excluding hydrogens is 1320 g/mol. The molecule has 0 aromatic rings. The Hall–Kier alpha value is -2.27. The fourth-order valence-electron chi connectivity index (χ4n) is 15.0. The van der Waals surface area contributed by atoms with Crippen molar-refractivity contribution >= 4 is 17.8 Å². The molecule has 3 saturated heterocycles. The van der Waals surface area contributed by atoms with Crippen molar-refractivity contribution in [3.8, 4) is 0 Å². The normalized spacial score (nSPS) is 26.4. The molecular formula is C80H152N2O21. The molecule has 0 saturated carbocycles. The zero-order valence-corrected chi connectivity index (χ0v) is 64.5. The van der Waals surface area contributed by atoms with E-state index < -0.39 is 148 Å². The molecule has 18 unspecified atom stereocenters. The van der Waals surface area contributed by atoms with E-state index in [1.807, 2.05) is 0 Å². The number of carboxylic acids is 1. The highest BCUT2D eigenvalue weighted by molar-refractivity contribution is 5.77. The molecule has 14 N–H and O–H groups in total. The van der Waals surface area contributed by atoms with Gasteiger partial charge in [-0.1, -0.05) is 322 Å².